The summed E-state index contributed by atoms with van der Waals surface area (Å²) < 4.78 is 0. The summed E-state index contributed by atoms with van der Waals surface area (Å²) in [5, 5.41) is 0. The van der Waals surface area contributed by atoms with E-state index in [0.29, 0.717) is 5.69 Å². The van der Waals surface area contributed by atoms with Crippen molar-refractivity contribution >= 4 is 11.5 Å². The normalized spacial score (nSPS) is 21.4. The number of anilines is 1. The Morgan fingerprint density at radius 2 is 1.75 bits per heavy atom. The van der Waals surface area contributed by atoms with Gasteiger partial charge in [-0.15, -0.1) is 0 Å². The maximum absolute atomic E-state index is 12.0. The van der Waals surface area contributed by atoms with Gasteiger partial charge in [-0.1, -0.05) is 20.8 Å². The molecule has 0 N–H and O–H groups in total. The molecule has 2 aliphatic heterocycles. The van der Waals surface area contributed by atoms with Crippen molar-refractivity contribution in [3.63, 3.8) is 0 Å². The maximum Gasteiger partial charge on any atom is 0.183 e. The molecule has 0 unspecified atom stereocenters. The molecule has 0 atom stereocenters. The van der Waals surface area contributed by atoms with Crippen molar-refractivity contribution in [1.29, 1.82) is 0 Å². The Morgan fingerprint density at radius 3 is 2.29 bits per heavy atom. The first kappa shape index (κ1) is 17.4. The van der Waals surface area contributed by atoms with Crippen molar-refractivity contribution in [3.05, 3.63) is 24.0 Å². The number of likely N-dealkylation sites (tertiary alicyclic amines) is 1. The minimum absolute atomic E-state index is 0.00589. The van der Waals surface area contributed by atoms with E-state index in [0.717, 1.165) is 30.7 Å². The third-order valence-corrected chi connectivity index (χ3v) is 5.69. The van der Waals surface area contributed by atoms with Crippen LogP contribution >= 0.6 is 0 Å². The van der Waals surface area contributed by atoms with Crippen LogP contribution in [0.5, 0.6) is 0 Å². The van der Waals surface area contributed by atoms with Crippen molar-refractivity contribution in [3.8, 4) is 0 Å². The van der Waals surface area contributed by atoms with Crippen molar-refractivity contribution in [2.75, 3.05) is 31.1 Å². The fraction of sp³-hybridized carbons (Fsp3) is 0.700. The van der Waals surface area contributed by atoms with E-state index in [2.05, 4.69) is 27.8 Å². The van der Waals surface area contributed by atoms with Gasteiger partial charge in [0.15, 0.2) is 5.78 Å². The number of aromatic nitrogens is 1. The summed E-state index contributed by atoms with van der Waals surface area (Å²) in [5.74, 6) is 1.03. The Kier molecular flexibility index (Phi) is 5.54. The molecule has 3 heterocycles. The molecular weight excluding hydrogens is 298 g/mol. The predicted octanol–water partition coefficient (Wildman–Crippen LogP) is 3.62. The van der Waals surface area contributed by atoms with Crippen LogP contribution in [0.25, 0.3) is 0 Å². The maximum atomic E-state index is 12.0. The van der Waals surface area contributed by atoms with Crippen LogP contribution in [0.4, 0.5) is 5.69 Å². The molecule has 0 bridgehead atoms. The molecule has 1 aromatic heterocycles. The molecule has 132 valence electrons. The molecule has 0 aliphatic carbocycles. The summed E-state index contributed by atoms with van der Waals surface area (Å²) in [5.41, 5.74) is 1.74. The molecular formula is C20H31N3O. The lowest BCUT2D eigenvalue weighted by molar-refractivity contribution is 0.0934. The van der Waals surface area contributed by atoms with Crippen LogP contribution in [0.1, 0.15) is 56.9 Å². The van der Waals surface area contributed by atoms with Crippen molar-refractivity contribution in [2.45, 2.75) is 52.5 Å². The number of rotatable bonds is 4. The van der Waals surface area contributed by atoms with Gasteiger partial charge in [0.25, 0.3) is 0 Å². The summed E-state index contributed by atoms with van der Waals surface area (Å²) in [6.45, 7) is 11.0. The molecule has 2 fully saturated rings. The van der Waals surface area contributed by atoms with Gasteiger partial charge in [0, 0.05) is 25.0 Å². The highest BCUT2D eigenvalue weighted by Crippen LogP contribution is 2.26. The lowest BCUT2D eigenvalue weighted by atomic mass is 9.95. The molecule has 1 aromatic rings. The highest BCUT2D eigenvalue weighted by molar-refractivity contribution is 5.95. The smallest absolute Gasteiger partial charge is 0.183 e. The first-order chi connectivity index (χ1) is 11.5. The van der Waals surface area contributed by atoms with E-state index in [9.17, 15) is 4.79 Å². The van der Waals surface area contributed by atoms with E-state index < -0.39 is 0 Å². The van der Waals surface area contributed by atoms with Gasteiger partial charge < -0.3 is 9.80 Å². The fourth-order valence-corrected chi connectivity index (χ4v) is 3.90. The van der Waals surface area contributed by atoms with Crippen LogP contribution in [0.15, 0.2) is 18.3 Å². The van der Waals surface area contributed by atoms with E-state index in [-0.39, 0.29) is 11.7 Å². The number of carbonyl (C=O) groups is 1. The molecule has 2 aliphatic rings. The van der Waals surface area contributed by atoms with Gasteiger partial charge in [0.1, 0.15) is 5.69 Å². The Bertz CT molecular complexity index is 539. The Morgan fingerprint density at radius 1 is 1.08 bits per heavy atom. The summed E-state index contributed by atoms with van der Waals surface area (Å²) in [4.78, 5) is 21.5. The molecule has 24 heavy (non-hydrogen) atoms. The zero-order valence-electron chi connectivity index (χ0n) is 15.4. The Hall–Kier alpha value is -1.42. The number of pyridine rings is 1. The molecule has 4 heteroatoms. The van der Waals surface area contributed by atoms with Crippen molar-refractivity contribution in [1.82, 2.24) is 9.88 Å². The third kappa shape index (κ3) is 3.97. The van der Waals surface area contributed by atoms with Crippen molar-refractivity contribution < 1.29 is 4.79 Å². The molecule has 0 aromatic carbocycles. The lowest BCUT2D eigenvalue weighted by Crippen LogP contribution is -2.47. The second-order valence-corrected chi connectivity index (χ2v) is 7.86. The predicted molar refractivity (Wildman–Crippen MR) is 98.6 cm³/mol. The first-order valence-electron chi connectivity index (χ1n) is 9.54. The van der Waals surface area contributed by atoms with Gasteiger partial charge in [0.05, 0.1) is 11.9 Å². The molecule has 0 saturated carbocycles. The largest absolute Gasteiger partial charge is 0.370 e. The zero-order valence-corrected chi connectivity index (χ0v) is 15.4. The topological polar surface area (TPSA) is 36.4 Å². The fourth-order valence-electron chi connectivity index (χ4n) is 3.90. The summed E-state index contributed by atoms with van der Waals surface area (Å²) in [6, 6.07) is 4.70. The van der Waals surface area contributed by atoms with Gasteiger partial charge in [-0.3, -0.25) is 9.78 Å². The average molecular weight is 329 g/mol. The van der Waals surface area contributed by atoms with Gasteiger partial charge in [-0.2, -0.15) is 0 Å². The number of piperidine rings is 2. The van der Waals surface area contributed by atoms with Crippen LogP contribution in [0, 0.1) is 11.8 Å². The molecule has 3 rings (SSSR count). The molecule has 0 radical (unpaired) electrons. The van der Waals surface area contributed by atoms with Crippen LogP contribution in [-0.4, -0.2) is 47.9 Å². The number of nitrogens with zero attached hydrogens (tertiary/aromatic N) is 3. The number of hydrogen-bond donors (Lipinski definition) is 0. The lowest BCUT2D eigenvalue weighted by Gasteiger charge is -2.42. The molecule has 0 spiro atoms. The third-order valence-electron chi connectivity index (χ3n) is 5.69. The van der Waals surface area contributed by atoms with E-state index >= 15 is 0 Å². The van der Waals surface area contributed by atoms with Crippen LogP contribution in [0.3, 0.4) is 0 Å². The average Bonchev–Trinajstić information content (AvgIpc) is 2.62. The Balaban J connectivity index is 1.54. The number of hydrogen-bond acceptors (Lipinski definition) is 4. The van der Waals surface area contributed by atoms with Crippen molar-refractivity contribution in [2.24, 2.45) is 11.8 Å². The second kappa shape index (κ2) is 7.64. The van der Waals surface area contributed by atoms with Crippen LogP contribution in [-0.2, 0) is 0 Å². The summed E-state index contributed by atoms with van der Waals surface area (Å²) in [7, 11) is 0. The number of Topliss-reactive ketones (excluding diaryl/α,β-unsaturated/α-hetero) is 1. The quantitative estimate of drug-likeness (QED) is 0.791. The monoisotopic (exact) mass is 329 g/mol. The van der Waals surface area contributed by atoms with Gasteiger partial charge >= 0.3 is 0 Å². The van der Waals surface area contributed by atoms with Crippen LogP contribution < -0.4 is 4.90 Å². The SMILES string of the molecule is CC1CCN(C2CCN(c3ccc(C(=O)C(C)C)nc3)CC2)CC1. The van der Waals surface area contributed by atoms with E-state index in [1.54, 1.807) is 0 Å². The molecule has 4 nitrogen and oxygen atoms in total. The Labute approximate surface area is 146 Å². The highest BCUT2D eigenvalue weighted by atomic mass is 16.1. The zero-order chi connectivity index (χ0) is 17.1. The van der Waals surface area contributed by atoms with Gasteiger partial charge in [-0.25, -0.2) is 0 Å². The van der Waals surface area contributed by atoms with Gasteiger partial charge in [0.2, 0.25) is 0 Å². The molecule has 2 saturated heterocycles. The number of carbonyl (C=O) groups excluding carboxylic acids is 1. The van der Waals surface area contributed by atoms with E-state index in [1.165, 1.54) is 38.8 Å². The minimum Gasteiger partial charge on any atom is -0.370 e. The van der Waals surface area contributed by atoms with E-state index in [4.69, 9.17) is 0 Å². The standard InChI is InChI=1S/C20H31N3O/c1-15(2)20(24)19-5-4-18(14-21-19)23-12-8-17(9-13-23)22-10-6-16(3)7-11-22/h4-5,14-17H,6-13H2,1-3H3. The minimum atomic E-state index is 0.00589. The second-order valence-electron chi connectivity index (χ2n) is 7.86. The summed E-state index contributed by atoms with van der Waals surface area (Å²) >= 11 is 0. The first-order valence-corrected chi connectivity index (χ1v) is 9.54. The van der Waals surface area contributed by atoms with Gasteiger partial charge in [-0.05, 0) is 56.8 Å². The van der Waals surface area contributed by atoms with Crippen LogP contribution in [0.2, 0.25) is 0 Å². The summed E-state index contributed by atoms with van der Waals surface area (Å²) in [6.07, 6.45) is 7.06. The highest BCUT2D eigenvalue weighted by Gasteiger charge is 2.27. The molecule has 0 amide bonds. The van der Waals surface area contributed by atoms with E-state index in [1.807, 2.05) is 26.1 Å². The number of ketones is 1.